The van der Waals surface area contributed by atoms with Gasteiger partial charge in [0.05, 0.1) is 7.11 Å². The van der Waals surface area contributed by atoms with Crippen molar-refractivity contribution in [3.63, 3.8) is 0 Å². The molecule has 2 aromatic carbocycles. The molecule has 0 unspecified atom stereocenters. The molecule has 0 bridgehead atoms. The molecule has 0 aliphatic rings. The molecule has 26 heavy (non-hydrogen) atoms. The first-order valence-corrected chi connectivity index (χ1v) is 8.78. The maximum atomic E-state index is 5.68. The second-order valence-corrected chi connectivity index (χ2v) is 6.25. The van der Waals surface area contributed by atoms with Crippen molar-refractivity contribution in [2.45, 2.75) is 13.1 Å². The second-order valence-electron chi connectivity index (χ2n) is 5.86. The molecule has 132 valence electrons. The summed E-state index contributed by atoms with van der Waals surface area (Å²) in [6.45, 7) is 1.41. The lowest BCUT2D eigenvalue weighted by Crippen LogP contribution is -2.33. The van der Waals surface area contributed by atoms with Crippen LogP contribution in [-0.4, -0.2) is 22.1 Å². The van der Waals surface area contributed by atoms with Crippen molar-refractivity contribution >= 4 is 23.0 Å². The second kappa shape index (κ2) is 8.97. The predicted molar refractivity (Wildman–Crippen MR) is 109 cm³/mol. The monoisotopic (exact) mass is 363 g/mol. The number of thiocarbonyl (C=S) groups is 1. The summed E-state index contributed by atoms with van der Waals surface area (Å²) in [5.41, 5.74) is 3.25. The Bertz CT molecular complexity index is 781. The first kappa shape index (κ1) is 17.9. The largest absolute Gasteiger partial charge is 0.497 e. The van der Waals surface area contributed by atoms with Crippen LogP contribution in [0.1, 0.15) is 11.1 Å². The molecule has 0 atom stereocenters. The highest BCUT2D eigenvalue weighted by Crippen LogP contribution is 2.17. The minimum atomic E-state index is 0.669. The van der Waals surface area contributed by atoms with Crippen molar-refractivity contribution in [1.82, 2.24) is 9.88 Å². The van der Waals surface area contributed by atoms with Gasteiger partial charge in [-0.2, -0.15) is 0 Å². The fourth-order valence-corrected chi connectivity index (χ4v) is 2.84. The van der Waals surface area contributed by atoms with Crippen LogP contribution in [0, 0.1) is 0 Å². The average Bonchev–Trinajstić information content (AvgIpc) is 2.69. The first-order chi connectivity index (χ1) is 12.7. The highest BCUT2D eigenvalue weighted by Gasteiger charge is 2.12. The van der Waals surface area contributed by atoms with Crippen molar-refractivity contribution in [3.8, 4) is 5.75 Å². The van der Waals surface area contributed by atoms with E-state index in [-0.39, 0.29) is 0 Å². The Balaban J connectivity index is 1.75. The highest BCUT2D eigenvalue weighted by atomic mass is 32.1. The number of anilines is 1. The van der Waals surface area contributed by atoms with Gasteiger partial charge >= 0.3 is 0 Å². The van der Waals surface area contributed by atoms with E-state index >= 15 is 0 Å². The molecule has 3 aromatic rings. The molecule has 0 radical (unpaired) electrons. The fraction of sp³-hybridized carbons (Fsp3) is 0.143. The number of nitrogens with one attached hydrogen (secondary N) is 1. The van der Waals surface area contributed by atoms with Gasteiger partial charge in [-0.1, -0.05) is 36.4 Å². The SMILES string of the molecule is COc1ccc(NC(=S)N(Cc2ccccc2)Cc2cccnc2)cc1. The molecule has 0 saturated heterocycles. The van der Waals surface area contributed by atoms with Crippen LogP contribution in [-0.2, 0) is 13.1 Å². The van der Waals surface area contributed by atoms with E-state index in [0.717, 1.165) is 23.5 Å². The average molecular weight is 363 g/mol. The van der Waals surface area contributed by atoms with Crippen LogP contribution in [0.3, 0.4) is 0 Å². The number of methoxy groups -OCH3 is 1. The molecule has 0 aliphatic carbocycles. The Hall–Kier alpha value is -2.92. The van der Waals surface area contributed by atoms with Crippen molar-refractivity contribution in [2.24, 2.45) is 0 Å². The molecule has 4 nitrogen and oxygen atoms in total. The number of hydrogen-bond acceptors (Lipinski definition) is 3. The molecular formula is C21H21N3OS. The van der Waals surface area contributed by atoms with Crippen molar-refractivity contribution in [3.05, 3.63) is 90.3 Å². The van der Waals surface area contributed by atoms with Gasteiger partial charge in [0.25, 0.3) is 0 Å². The third-order valence-electron chi connectivity index (χ3n) is 3.94. The maximum Gasteiger partial charge on any atom is 0.174 e. The third-order valence-corrected chi connectivity index (χ3v) is 4.30. The predicted octanol–water partition coefficient (Wildman–Crippen LogP) is 4.49. The first-order valence-electron chi connectivity index (χ1n) is 8.37. The van der Waals surface area contributed by atoms with E-state index in [1.165, 1.54) is 5.56 Å². The summed E-state index contributed by atoms with van der Waals surface area (Å²) in [6.07, 6.45) is 3.65. The number of hydrogen-bond donors (Lipinski definition) is 1. The van der Waals surface area contributed by atoms with E-state index in [2.05, 4.69) is 33.4 Å². The van der Waals surface area contributed by atoms with E-state index in [1.807, 2.05) is 54.7 Å². The van der Waals surface area contributed by atoms with Gasteiger partial charge < -0.3 is 15.0 Å². The van der Waals surface area contributed by atoms with Gasteiger partial charge in [0.15, 0.2) is 5.11 Å². The standard InChI is InChI=1S/C21H21N3OS/c1-25-20-11-9-19(10-12-20)23-21(26)24(15-17-6-3-2-4-7-17)16-18-8-5-13-22-14-18/h2-14H,15-16H2,1H3,(H,23,26). The van der Waals surface area contributed by atoms with E-state index in [0.29, 0.717) is 11.7 Å². The van der Waals surface area contributed by atoms with Crippen LogP contribution in [0.5, 0.6) is 5.75 Å². The van der Waals surface area contributed by atoms with E-state index in [4.69, 9.17) is 17.0 Å². The summed E-state index contributed by atoms with van der Waals surface area (Å²) in [5, 5.41) is 3.98. The molecule has 0 fully saturated rings. The van der Waals surface area contributed by atoms with Crippen LogP contribution >= 0.6 is 12.2 Å². The van der Waals surface area contributed by atoms with Crippen molar-refractivity contribution < 1.29 is 4.74 Å². The van der Waals surface area contributed by atoms with Crippen LogP contribution in [0.4, 0.5) is 5.69 Å². The zero-order chi connectivity index (χ0) is 18.2. The van der Waals surface area contributed by atoms with Crippen LogP contribution in [0.2, 0.25) is 0 Å². The minimum absolute atomic E-state index is 0.669. The lowest BCUT2D eigenvalue weighted by Gasteiger charge is -2.26. The van der Waals surface area contributed by atoms with Gasteiger partial charge in [0, 0.05) is 31.2 Å². The Morgan fingerprint density at radius 3 is 2.31 bits per heavy atom. The minimum Gasteiger partial charge on any atom is -0.497 e. The number of aromatic nitrogens is 1. The lowest BCUT2D eigenvalue weighted by atomic mass is 10.2. The summed E-state index contributed by atoms with van der Waals surface area (Å²) in [5.74, 6) is 0.818. The Labute approximate surface area is 159 Å². The smallest absolute Gasteiger partial charge is 0.174 e. The Morgan fingerprint density at radius 1 is 0.962 bits per heavy atom. The summed E-state index contributed by atoms with van der Waals surface area (Å²) in [4.78, 5) is 6.33. The Morgan fingerprint density at radius 2 is 1.65 bits per heavy atom. The van der Waals surface area contributed by atoms with Crippen molar-refractivity contribution in [2.75, 3.05) is 12.4 Å². The summed E-state index contributed by atoms with van der Waals surface area (Å²) >= 11 is 5.68. The number of ether oxygens (including phenoxy) is 1. The maximum absolute atomic E-state index is 5.68. The van der Waals surface area contributed by atoms with Crippen LogP contribution < -0.4 is 10.1 Å². The normalized spacial score (nSPS) is 10.2. The number of rotatable bonds is 6. The molecule has 1 heterocycles. The van der Waals surface area contributed by atoms with Gasteiger partial charge in [-0.15, -0.1) is 0 Å². The third kappa shape index (κ3) is 5.04. The van der Waals surface area contributed by atoms with Gasteiger partial charge in [0.2, 0.25) is 0 Å². The van der Waals surface area contributed by atoms with Crippen LogP contribution in [0.15, 0.2) is 79.1 Å². The van der Waals surface area contributed by atoms with E-state index in [9.17, 15) is 0 Å². The summed E-state index contributed by atoms with van der Waals surface area (Å²) < 4.78 is 5.20. The highest BCUT2D eigenvalue weighted by molar-refractivity contribution is 7.80. The topological polar surface area (TPSA) is 37.4 Å². The lowest BCUT2D eigenvalue weighted by molar-refractivity contribution is 0.412. The molecule has 0 aliphatic heterocycles. The molecule has 1 N–H and O–H groups in total. The number of pyridine rings is 1. The molecular weight excluding hydrogens is 342 g/mol. The van der Waals surface area contributed by atoms with E-state index < -0.39 is 0 Å². The quantitative estimate of drug-likeness (QED) is 0.653. The zero-order valence-electron chi connectivity index (χ0n) is 14.6. The van der Waals surface area contributed by atoms with Gasteiger partial charge in [0.1, 0.15) is 5.75 Å². The van der Waals surface area contributed by atoms with E-state index in [1.54, 1.807) is 13.3 Å². The van der Waals surface area contributed by atoms with Gasteiger partial charge in [-0.25, -0.2) is 0 Å². The molecule has 0 saturated carbocycles. The number of nitrogens with zero attached hydrogens (tertiary/aromatic N) is 2. The van der Waals surface area contributed by atoms with Gasteiger partial charge in [-0.05, 0) is 53.7 Å². The van der Waals surface area contributed by atoms with Crippen LogP contribution in [0.25, 0.3) is 0 Å². The fourth-order valence-electron chi connectivity index (χ4n) is 2.59. The van der Waals surface area contributed by atoms with Gasteiger partial charge in [-0.3, -0.25) is 4.98 Å². The molecule has 5 heteroatoms. The van der Waals surface area contributed by atoms with Crippen molar-refractivity contribution in [1.29, 1.82) is 0 Å². The summed E-state index contributed by atoms with van der Waals surface area (Å²) in [7, 11) is 1.66. The zero-order valence-corrected chi connectivity index (χ0v) is 15.4. The Kier molecular flexibility index (Phi) is 6.17. The molecule has 1 aromatic heterocycles. The summed E-state index contributed by atoms with van der Waals surface area (Å²) in [6, 6.07) is 22.0. The molecule has 3 rings (SSSR count). The number of benzene rings is 2. The molecule has 0 amide bonds. The molecule has 0 spiro atoms.